The molecule has 0 bridgehead atoms. The van der Waals surface area contributed by atoms with Gasteiger partial charge in [-0.15, -0.1) is 0 Å². The number of alkyl halides is 3. The van der Waals surface area contributed by atoms with Crippen LogP contribution in [0.15, 0.2) is 6.20 Å². The summed E-state index contributed by atoms with van der Waals surface area (Å²) in [5, 5.41) is 3.52. The molecular weight excluding hydrogens is 352 g/mol. The van der Waals surface area contributed by atoms with Crippen molar-refractivity contribution in [3.8, 4) is 0 Å². The molecule has 2 heterocycles. The molecule has 1 aliphatic heterocycles. The lowest BCUT2D eigenvalue weighted by atomic mass is 9.79. The van der Waals surface area contributed by atoms with Gasteiger partial charge in [0.15, 0.2) is 5.69 Å². The molecular formula is C16H24BF3N2O4. The summed E-state index contributed by atoms with van der Waals surface area (Å²) in [5.41, 5.74) is -3.74. The SMILES string of the molecule is CC(C)(C)OC(=O)Cn1cc(B2OC(C)(C)C(C)(C)O2)c(C(F)(F)F)n1. The summed E-state index contributed by atoms with van der Waals surface area (Å²) in [6, 6.07) is 0. The van der Waals surface area contributed by atoms with Crippen LogP contribution in [0.5, 0.6) is 0 Å². The molecule has 0 spiro atoms. The van der Waals surface area contributed by atoms with E-state index in [1.807, 2.05) is 0 Å². The van der Waals surface area contributed by atoms with Crippen LogP contribution >= 0.6 is 0 Å². The van der Waals surface area contributed by atoms with Crippen molar-refractivity contribution in [3.05, 3.63) is 11.9 Å². The zero-order chi connectivity index (χ0) is 20.1. The predicted molar refractivity (Wildman–Crippen MR) is 88.8 cm³/mol. The number of hydrogen-bond donors (Lipinski definition) is 0. The summed E-state index contributed by atoms with van der Waals surface area (Å²) in [6.45, 7) is 11.5. The number of nitrogens with zero attached hydrogens (tertiary/aromatic N) is 2. The fraction of sp³-hybridized carbons (Fsp3) is 0.750. The van der Waals surface area contributed by atoms with Crippen LogP contribution in [-0.2, 0) is 31.6 Å². The van der Waals surface area contributed by atoms with Gasteiger partial charge in [0, 0.05) is 11.7 Å². The number of hydrogen-bond acceptors (Lipinski definition) is 5. The number of ether oxygens (including phenoxy) is 1. The first kappa shape index (κ1) is 20.8. The number of carbonyl (C=O) groups is 1. The smallest absolute Gasteiger partial charge is 0.459 e. The van der Waals surface area contributed by atoms with Gasteiger partial charge < -0.3 is 14.0 Å². The van der Waals surface area contributed by atoms with Gasteiger partial charge in [-0.05, 0) is 48.5 Å². The average Bonchev–Trinajstić information content (AvgIpc) is 2.86. The maximum atomic E-state index is 13.4. The van der Waals surface area contributed by atoms with E-state index in [9.17, 15) is 18.0 Å². The van der Waals surface area contributed by atoms with Crippen LogP contribution in [0, 0.1) is 0 Å². The first-order valence-corrected chi connectivity index (χ1v) is 8.24. The van der Waals surface area contributed by atoms with Crippen LogP contribution in [0.2, 0.25) is 0 Å². The van der Waals surface area contributed by atoms with Gasteiger partial charge in [-0.25, -0.2) is 0 Å². The van der Waals surface area contributed by atoms with Gasteiger partial charge in [0.1, 0.15) is 12.1 Å². The molecule has 0 radical (unpaired) electrons. The average molecular weight is 376 g/mol. The monoisotopic (exact) mass is 376 g/mol. The molecule has 6 nitrogen and oxygen atoms in total. The van der Waals surface area contributed by atoms with Gasteiger partial charge in [-0.3, -0.25) is 9.48 Å². The van der Waals surface area contributed by atoms with Crippen molar-refractivity contribution in [2.24, 2.45) is 0 Å². The molecule has 10 heteroatoms. The molecule has 0 aromatic carbocycles. The third kappa shape index (κ3) is 4.40. The maximum absolute atomic E-state index is 13.4. The molecule has 1 fully saturated rings. The molecule has 26 heavy (non-hydrogen) atoms. The Morgan fingerprint density at radius 2 is 1.69 bits per heavy atom. The first-order valence-electron chi connectivity index (χ1n) is 8.24. The van der Waals surface area contributed by atoms with Crippen LogP contribution < -0.4 is 5.46 Å². The minimum atomic E-state index is -4.71. The van der Waals surface area contributed by atoms with Gasteiger partial charge in [0.25, 0.3) is 0 Å². The second-order valence-electron chi connectivity index (χ2n) is 8.30. The highest BCUT2D eigenvalue weighted by Crippen LogP contribution is 2.37. The fourth-order valence-electron chi connectivity index (χ4n) is 2.39. The van der Waals surface area contributed by atoms with Crippen LogP contribution in [0.3, 0.4) is 0 Å². The minimum absolute atomic E-state index is 0.264. The van der Waals surface area contributed by atoms with E-state index in [1.165, 1.54) is 0 Å². The summed E-state index contributed by atoms with van der Waals surface area (Å²) in [7, 11) is -1.23. The van der Waals surface area contributed by atoms with E-state index in [-0.39, 0.29) is 5.46 Å². The van der Waals surface area contributed by atoms with Gasteiger partial charge in [0.05, 0.1) is 11.2 Å². The maximum Gasteiger partial charge on any atom is 0.498 e. The Labute approximate surface area is 151 Å². The number of carbonyl (C=O) groups excluding carboxylic acids is 1. The zero-order valence-corrected chi connectivity index (χ0v) is 16.0. The summed E-state index contributed by atoms with van der Waals surface area (Å²) in [5.74, 6) is -0.686. The summed E-state index contributed by atoms with van der Waals surface area (Å²) < 4.78 is 57.6. The molecule has 0 unspecified atom stereocenters. The molecule has 2 rings (SSSR count). The molecule has 146 valence electrons. The second kappa shape index (κ2) is 6.26. The molecule has 0 atom stereocenters. The van der Waals surface area contributed by atoms with Crippen molar-refractivity contribution in [3.63, 3.8) is 0 Å². The van der Waals surface area contributed by atoms with E-state index in [2.05, 4.69) is 5.10 Å². The quantitative estimate of drug-likeness (QED) is 0.600. The third-order valence-electron chi connectivity index (χ3n) is 4.28. The van der Waals surface area contributed by atoms with Crippen molar-refractivity contribution < 1.29 is 32.0 Å². The van der Waals surface area contributed by atoms with Gasteiger partial charge in [-0.2, -0.15) is 18.3 Å². The van der Waals surface area contributed by atoms with Crippen molar-refractivity contribution in [1.82, 2.24) is 9.78 Å². The lowest BCUT2D eigenvalue weighted by molar-refractivity contribution is -0.156. The van der Waals surface area contributed by atoms with Crippen LogP contribution in [0.25, 0.3) is 0 Å². The topological polar surface area (TPSA) is 62.6 Å². The van der Waals surface area contributed by atoms with Crippen LogP contribution in [-0.4, -0.2) is 39.7 Å². The Hall–Kier alpha value is -1.55. The zero-order valence-electron chi connectivity index (χ0n) is 16.0. The molecule has 0 saturated carbocycles. The Kier molecular flexibility index (Phi) is 5.00. The number of rotatable bonds is 3. The predicted octanol–water partition coefficient (Wildman–Crippen LogP) is 2.54. The fourth-order valence-corrected chi connectivity index (χ4v) is 2.39. The lowest BCUT2D eigenvalue weighted by Crippen LogP contribution is -2.41. The molecule has 1 saturated heterocycles. The Bertz CT molecular complexity index is 677. The van der Waals surface area contributed by atoms with E-state index < -0.39 is 48.3 Å². The highest BCUT2D eigenvalue weighted by molar-refractivity contribution is 6.62. The van der Waals surface area contributed by atoms with Gasteiger partial charge in [-0.1, -0.05) is 0 Å². The largest absolute Gasteiger partial charge is 0.498 e. The number of aromatic nitrogens is 2. The Morgan fingerprint density at radius 1 is 1.19 bits per heavy atom. The molecule has 1 aromatic rings. The highest BCUT2D eigenvalue weighted by atomic mass is 19.4. The number of halogens is 3. The molecule has 1 aromatic heterocycles. The van der Waals surface area contributed by atoms with Crippen LogP contribution in [0.1, 0.15) is 54.2 Å². The van der Waals surface area contributed by atoms with E-state index in [1.54, 1.807) is 48.5 Å². The van der Waals surface area contributed by atoms with Gasteiger partial charge in [0.2, 0.25) is 0 Å². The molecule has 1 aliphatic rings. The standard InChI is InChI=1S/C16H24BF3N2O4/c1-13(2,3)24-11(23)9-22-8-10(12(21-22)16(18,19)20)17-25-14(4,5)15(6,7)26-17/h8H,9H2,1-7H3. The third-order valence-corrected chi connectivity index (χ3v) is 4.28. The first-order chi connectivity index (χ1) is 11.5. The van der Waals surface area contributed by atoms with Crippen LogP contribution in [0.4, 0.5) is 13.2 Å². The molecule has 0 N–H and O–H groups in total. The summed E-state index contributed by atoms with van der Waals surface area (Å²) in [6.07, 6.45) is -3.59. The second-order valence-corrected chi connectivity index (χ2v) is 8.30. The van der Waals surface area contributed by atoms with E-state index in [4.69, 9.17) is 14.0 Å². The van der Waals surface area contributed by atoms with Crippen molar-refractivity contribution in [2.45, 2.75) is 78.0 Å². The highest BCUT2D eigenvalue weighted by Gasteiger charge is 2.54. The summed E-state index contributed by atoms with van der Waals surface area (Å²) >= 11 is 0. The van der Waals surface area contributed by atoms with Gasteiger partial charge >= 0.3 is 19.3 Å². The summed E-state index contributed by atoms with van der Waals surface area (Å²) in [4.78, 5) is 11.9. The lowest BCUT2D eigenvalue weighted by Gasteiger charge is -2.32. The number of esters is 1. The Balaban J connectivity index is 2.32. The van der Waals surface area contributed by atoms with E-state index in [0.29, 0.717) is 0 Å². The normalized spacial score (nSPS) is 19.7. The van der Waals surface area contributed by atoms with Crippen molar-refractivity contribution in [1.29, 1.82) is 0 Å². The molecule has 0 amide bonds. The van der Waals surface area contributed by atoms with E-state index >= 15 is 0 Å². The van der Waals surface area contributed by atoms with Crippen molar-refractivity contribution >= 4 is 18.6 Å². The Morgan fingerprint density at radius 3 is 2.12 bits per heavy atom. The minimum Gasteiger partial charge on any atom is -0.459 e. The van der Waals surface area contributed by atoms with E-state index in [0.717, 1.165) is 10.9 Å². The van der Waals surface area contributed by atoms with Crippen molar-refractivity contribution in [2.75, 3.05) is 0 Å². The molecule has 0 aliphatic carbocycles.